The van der Waals surface area contributed by atoms with Gasteiger partial charge in [-0.1, -0.05) is 41.4 Å². The highest BCUT2D eigenvalue weighted by molar-refractivity contribution is 6.35. The number of carbonyl (C=O) groups is 2. The molecular formula is C27H24Cl2N2O4. The lowest BCUT2D eigenvalue weighted by Crippen LogP contribution is -2.35. The summed E-state index contributed by atoms with van der Waals surface area (Å²) in [6, 6.07) is 16.0. The van der Waals surface area contributed by atoms with Gasteiger partial charge >= 0.3 is 0 Å². The number of hydrazine groups is 1. The first-order valence-electron chi connectivity index (χ1n) is 11.0. The molecule has 1 aliphatic heterocycles. The summed E-state index contributed by atoms with van der Waals surface area (Å²) in [6.07, 6.45) is 1.54. The monoisotopic (exact) mass is 510 g/mol. The van der Waals surface area contributed by atoms with Crippen LogP contribution < -0.4 is 19.9 Å². The van der Waals surface area contributed by atoms with Gasteiger partial charge in [-0.25, -0.2) is 5.01 Å². The topological polar surface area (TPSA) is 67.9 Å². The summed E-state index contributed by atoms with van der Waals surface area (Å²) >= 11 is 12.2. The Morgan fingerprint density at radius 3 is 2.43 bits per heavy atom. The van der Waals surface area contributed by atoms with E-state index < -0.39 is 11.8 Å². The van der Waals surface area contributed by atoms with E-state index >= 15 is 0 Å². The fourth-order valence-corrected chi connectivity index (χ4v) is 4.03. The lowest BCUT2D eigenvalue weighted by molar-refractivity contribution is -0.117. The number of anilines is 1. The van der Waals surface area contributed by atoms with E-state index in [1.807, 2.05) is 32.9 Å². The summed E-state index contributed by atoms with van der Waals surface area (Å²) in [6.45, 7) is 6.45. The predicted molar refractivity (Wildman–Crippen MR) is 138 cm³/mol. The van der Waals surface area contributed by atoms with Crippen LogP contribution in [0.2, 0.25) is 10.0 Å². The highest BCUT2D eigenvalue weighted by Crippen LogP contribution is 2.32. The molecule has 4 rings (SSSR count). The molecule has 0 atom stereocenters. The standard InChI is InChI=1S/C27H24Cl2N2O4/c1-4-34-25-13-18(6-10-24(25)35-15-19-7-8-20(28)14-23(19)29)12-22-26(32)30-31(27(22)33)21-9-5-16(2)17(3)11-21/h5-14H,4,15H2,1-3H3,(H,30,32)/b22-12-. The number of halogens is 2. The van der Waals surface area contributed by atoms with Gasteiger partial charge in [-0.15, -0.1) is 0 Å². The third-order valence-electron chi connectivity index (χ3n) is 5.62. The summed E-state index contributed by atoms with van der Waals surface area (Å²) in [5, 5.41) is 2.32. The van der Waals surface area contributed by atoms with Gasteiger partial charge in [-0.3, -0.25) is 15.0 Å². The molecule has 1 saturated heterocycles. The van der Waals surface area contributed by atoms with Crippen LogP contribution in [0.15, 0.2) is 60.2 Å². The first-order chi connectivity index (χ1) is 16.8. The number of benzene rings is 3. The Labute approximate surface area is 214 Å². The minimum absolute atomic E-state index is 0.0345. The molecule has 0 saturated carbocycles. The van der Waals surface area contributed by atoms with Crippen molar-refractivity contribution in [2.24, 2.45) is 0 Å². The van der Waals surface area contributed by atoms with Gasteiger partial charge in [0, 0.05) is 15.6 Å². The van der Waals surface area contributed by atoms with E-state index in [0.29, 0.717) is 39.4 Å². The highest BCUT2D eigenvalue weighted by atomic mass is 35.5. The van der Waals surface area contributed by atoms with Crippen LogP contribution in [-0.4, -0.2) is 18.4 Å². The van der Waals surface area contributed by atoms with Gasteiger partial charge in [0.2, 0.25) is 0 Å². The van der Waals surface area contributed by atoms with Crippen LogP contribution in [0.1, 0.15) is 29.2 Å². The Bertz CT molecular complexity index is 1340. The maximum absolute atomic E-state index is 13.0. The van der Waals surface area contributed by atoms with Crippen molar-refractivity contribution in [3.8, 4) is 11.5 Å². The lowest BCUT2D eigenvalue weighted by atomic mass is 10.1. The minimum atomic E-state index is -0.469. The molecule has 6 nitrogen and oxygen atoms in total. The van der Waals surface area contributed by atoms with Crippen molar-refractivity contribution in [3.05, 3.63) is 92.5 Å². The zero-order valence-corrected chi connectivity index (χ0v) is 21.0. The van der Waals surface area contributed by atoms with Gasteiger partial charge in [-0.05, 0) is 79.9 Å². The number of aryl methyl sites for hydroxylation is 2. The Balaban J connectivity index is 1.56. The van der Waals surface area contributed by atoms with E-state index in [1.54, 1.807) is 48.5 Å². The number of hydrogen-bond donors (Lipinski definition) is 1. The zero-order valence-electron chi connectivity index (χ0n) is 19.5. The molecule has 1 fully saturated rings. The van der Waals surface area contributed by atoms with Crippen molar-refractivity contribution < 1.29 is 19.1 Å². The minimum Gasteiger partial charge on any atom is -0.490 e. The van der Waals surface area contributed by atoms with E-state index in [0.717, 1.165) is 16.7 Å². The maximum Gasteiger partial charge on any atom is 0.282 e. The quantitative estimate of drug-likeness (QED) is 0.310. The predicted octanol–water partition coefficient (Wildman–Crippen LogP) is 6.05. The molecule has 8 heteroatoms. The molecule has 3 aromatic carbocycles. The van der Waals surface area contributed by atoms with E-state index in [-0.39, 0.29) is 12.2 Å². The second-order valence-electron chi connectivity index (χ2n) is 8.07. The first kappa shape index (κ1) is 24.6. The average Bonchev–Trinajstić information content (AvgIpc) is 3.10. The van der Waals surface area contributed by atoms with Crippen LogP contribution in [0.4, 0.5) is 5.69 Å². The summed E-state index contributed by atoms with van der Waals surface area (Å²) in [7, 11) is 0. The largest absolute Gasteiger partial charge is 0.490 e. The van der Waals surface area contributed by atoms with E-state index in [9.17, 15) is 9.59 Å². The van der Waals surface area contributed by atoms with Gasteiger partial charge < -0.3 is 9.47 Å². The molecular weight excluding hydrogens is 487 g/mol. The van der Waals surface area contributed by atoms with Crippen molar-refractivity contribution in [2.75, 3.05) is 11.6 Å². The summed E-state index contributed by atoms with van der Waals surface area (Å²) in [4.78, 5) is 25.6. The van der Waals surface area contributed by atoms with Gasteiger partial charge in [-0.2, -0.15) is 0 Å². The van der Waals surface area contributed by atoms with Gasteiger partial charge in [0.05, 0.1) is 12.3 Å². The number of ether oxygens (including phenoxy) is 2. The van der Waals surface area contributed by atoms with Crippen LogP contribution in [0, 0.1) is 13.8 Å². The Morgan fingerprint density at radius 1 is 0.914 bits per heavy atom. The van der Waals surface area contributed by atoms with E-state index in [4.69, 9.17) is 32.7 Å². The molecule has 180 valence electrons. The first-order valence-corrected chi connectivity index (χ1v) is 11.8. The number of nitrogens with zero attached hydrogens (tertiary/aromatic N) is 1. The highest BCUT2D eigenvalue weighted by Gasteiger charge is 2.34. The van der Waals surface area contributed by atoms with E-state index in [1.165, 1.54) is 5.01 Å². The number of amides is 2. The van der Waals surface area contributed by atoms with Gasteiger partial charge in [0.1, 0.15) is 12.2 Å². The fraction of sp³-hybridized carbons (Fsp3) is 0.185. The van der Waals surface area contributed by atoms with Crippen LogP contribution >= 0.6 is 23.2 Å². The fourth-order valence-electron chi connectivity index (χ4n) is 3.57. The number of nitrogens with one attached hydrogen (secondary N) is 1. The molecule has 1 aliphatic rings. The summed E-state index contributed by atoms with van der Waals surface area (Å²) < 4.78 is 11.7. The van der Waals surface area contributed by atoms with Crippen molar-refractivity contribution in [3.63, 3.8) is 0 Å². The van der Waals surface area contributed by atoms with Gasteiger partial charge in [0.25, 0.3) is 11.8 Å². The second kappa shape index (κ2) is 10.4. The maximum atomic E-state index is 13.0. The summed E-state index contributed by atoms with van der Waals surface area (Å²) in [5.41, 5.74) is 6.82. The van der Waals surface area contributed by atoms with Crippen molar-refractivity contribution in [1.82, 2.24) is 5.43 Å². The smallest absolute Gasteiger partial charge is 0.282 e. The SMILES string of the molecule is CCOc1cc(/C=C2/C(=O)NN(c3ccc(C)c(C)c3)C2=O)ccc1OCc1ccc(Cl)cc1Cl. The number of rotatable bonds is 7. The third kappa shape index (κ3) is 5.45. The van der Waals surface area contributed by atoms with Crippen molar-refractivity contribution in [1.29, 1.82) is 0 Å². The Hall–Kier alpha value is -3.48. The molecule has 2 amide bonds. The van der Waals surface area contributed by atoms with Crippen LogP contribution in [0.5, 0.6) is 11.5 Å². The number of carbonyl (C=O) groups excluding carboxylic acids is 2. The number of hydrogen-bond acceptors (Lipinski definition) is 4. The van der Waals surface area contributed by atoms with Crippen molar-refractivity contribution in [2.45, 2.75) is 27.4 Å². The van der Waals surface area contributed by atoms with Crippen LogP contribution in [0.3, 0.4) is 0 Å². The molecule has 0 radical (unpaired) electrons. The van der Waals surface area contributed by atoms with Crippen LogP contribution in [-0.2, 0) is 16.2 Å². The lowest BCUT2D eigenvalue weighted by Gasteiger charge is -2.16. The zero-order chi connectivity index (χ0) is 25.1. The second-order valence-corrected chi connectivity index (χ2v) is 8.92. The molecule has 0 bridgehead atoms. The Morgan fingerprint density at radius 2 is 1.71 bits per heavy atom. The molecule has 0 spiro atoms. The molecule has 1 N–H and O–H groups in total. The van der Waals surface area contributed by atoms with E-state index in [2.05, 4.69) is 5.43 Å². The Kier molecular flexibility index (Phi) is 7.34. The molecule has 0 unspecified atom stereocenters. The normalized spacial score (nSPS) is 14.4. The van der Waals surface area contributed by atoms with Gasteiger partial charge in [0.15, 0.2) is 11.5 Å². The molecule has 35 heavy (non-hydrogen) atoms. The molecule has 0 aromatic heterocycles. The molecule has 1 heterocycles. The summed E-state index contributed by atoms with van der Waals surface area (Å²) in [5.74, 6) is 0.112. The third-order valence-corrected chi connectivity index (χ3v) is 6.20. The van der Waals surface area contributed by atoms with Crippen LogP contribution in [0.25, 0.3) is 6.08 Å². The molecule has 0 aliphatic carbocycles. The van der Waals surface area contributed by atoms with Crippen molar-refractivity contribution >= 4 is 46.8 Å². The molecule has 3 aromatic rings. The average molecular weight is 511 g/mol.